The topological polar surface area (TPSA) is 78.4 Å². The van der Waals surface area contributed by atoms with Crippen LogP contribution in [0.25, 0.3) is 5.70 Å². The van der Waals surface area contributed by atoms with E-state index in [0.717, 1.165) is 33.8 Å². The minimum absolute atomic E-state index is 0.0940. The van der Waals surface area contributed by atoms with E-state index in [0.29, 0.717) is 11.4 Å². The quantitative estimate of drug-likeness (QED) is 0.214. The highest BCUT2D eigenvalue weighted by Gasteiger charge is 2.16. The molecule has 0 bridgehead atoms. The highest BCUT2D eigenvalue weighted by molar-refractivity contribution is 7.12. The summed E-state index contributed by atoms with van der Waals surface area (Å²) in [5.74, 6) is -0.0940. The van der Waals surface area contributed by atoms with Crippen molar-refractivity contribution in [2.75, 3.05) is 19.4 Å². The molecule has 1 aromatic carbocycles. The van der Waals surface area contributed by atoms with Crippen molar-refractivity contribution in [1.82, 2.24) is 15.6 Å². The lowest BCUT2D eigenvalue weighted by atomic mass is 10.1. The average molecular weight is 520 g/mol. The van der Waals surface area contributed by atoms with E-state index in [-0.39, 0.29) is 5.91 Å². The van der Waals surface area contributed by atoms with Gasteiger partial charge in [0.15, 0.2) is 0 Å². The second-order valence-electron chi connectivity index (χ2n) is 7.69. The van der Waals surface area contributed by atoms with E-state index in [1.54, 1.807) is 25.7 Å². The standard InChI is InChI=1S/C25H28N4OS.C3H7N.C2H6/c1-5-7-17(2)22(26-4)20-9-11-21(12-10-20)29-23-18(3)16-31-24(23)25(30)28-15-19-8-6-13-27-14-19;1-3-4-2;1-2/h5-14,16,26,29H,15H2,1-4H3,(H,28,30);3H,1-2H3;1-2H3/b7-5-,22-17-;;. The van der Waals surface area contributed by atoms with Gasteiger partial charge in [0.25, 0.3) is 5.91 Å². The summed E-state index contributed by atoms with van der Waals surface area (Å²) in [4.78, 5) is 21.1. The first-order valence-corrected chi connectivity index (χ1v) is 13.3. The van der Waals surface area contributed by atoms with Crippen LogP contribution in [-0.4, -0.2) is 31.2 Å². The molecule has 1 amide bonds. The van der Waals surface area contributed by atoms with Crippen molar-refractivity contribution >= 4 is 40.5 Å². The fraction of sp³-hybridized carbons (Fsp3) is 0.300. The highest BCUT2D eigenvalue weighted by Crippen LogP contribution is 2.31. The number of carbonyl (C=O) groups excluding carboxylic acids is 1. The number of pyridine rings is 1. The predicted octanol–water partition coefficient (Wildman–Crippen LogP) is 7.38. The van der Waals surface area contributed by atoms with Gasteiger partial charge in [-0.1, -0.05) is 44.2 Å². The molecular formula is C30H41N5OS. The van der Waals surface area contributed by atoms with E-state index < -0.39 is 0 Å². The largest absolute Gasteiger partial charge is 0.387 e. The summed E-state index contributed by atoms with van der Waals surface area (Å²) in [6, 6.07) is 12.0. The molecule has 37 heavy (non-hydrogen) atoms. The zero-order valence-electron chi connectivity index (χ0n) is 23.3. The maximum absolute atomic E-state index is 12.8. The van der Waals surface area contributed by atoms with E-state index in [2.05, 4.69) is 51.1 Å². The molecule has 2 aromatic heterocycles. The Hall–Kier alpha value is -3.71. The Balaban J connectivity index is 0.00000104. The van der Waals surface area contributed by atoms with Gasteiger partial charge in [-0.3, -0.25) is 9.78 Å². The van der Waals surface area contributed by atoms with Gasteiger partial charge in [-0.25, -0.2) is 0 Å². The second-order valence-corrected chi connectivity index (χ2v) is 8.57. The maximum Gasteiger partial charge on any atom is 0.263 e. The van der Waals surface area contributed by atoms with Crippen LogP contribution in [0.3, 0.4) is 0 Å². The van der Waals surface area contributed by atoms with Crippen molar-refractivity contribution in [3.05, 3.63) is 93.5 Å². The van der Waals surface area contributed by atoms with Gasteiger partial charge in [-0.05, 0) is 79.8 Å². The van der Waals surface area contributed by atoms with Crippen molar-refractivity contribution in [3.63, 3.8) is 0 Å². The molecule has 0 aliphatic heterocycles. The number of nitrogens with zero attached hydrogens (tertiary/aromatic N) is 2. The molecule has 2 heterocycles. The van der Waals surface area contributed by atoms with Crippen molar-refractivity contribution in [2.45, 2.75) is 48.1 Å². The first kappa shape index (κ1) is 31.3. The fourth-order valence-electron chi connectivity index (χ4n) is 3.30. The van der Waals surface area contributed by atoms with Crippen LogP contribution in [0, 0.1) is 6.92 Å². The lowest BCUT2D eigenvalue weighted by molar-refractivity contribution is 0.0955. The van der Waals surface area contributed by atoms with Crippen LogP contribution in [0.2, 0.25) is 0 Å². The van der Waals surface area contributed by atoms with Crippen LogP contribution in [0.5, 0.6) is 0 Å². The summed E-state index contributed by atoms with van der Waals surface area (Å²) in [5, 5.41) is 11.7. The molecule has 0 fully saturated rings. The van der Waals surface area contributed by atoms with Crippen LogP contribution in [0.15, 0.2) is 76.9 Å². The summed E-state index contributed by atoms with van der Waals surface area (Å²) in [6.45, 7) is 12.4. The molecule has 3 aromatic rings. The van der Waals surface area contributed by atoms with Crippen molar-refractivity contribution in [1.29, 1.82) is 0 Å². The minimum Gasteiger partial charge on any atom is -0.387 e. The molecule has 6 nitrogen and oxygen atoms in total. The number of carbonyl (C=O) groups is 1. The summed E-state index contributed by atoms with van der Waals surface area (Å²) in [7, 11) is 3.68. The normalized spacial score (nSPS) is 11.1. The third-order valence-electron chi connectivity index (χ3n) is 5.12. The summed E-state index contributed by atoms with van der Waals surface area (Å²) >= 11 is 1.44. The number of amides is 1. The number of hydrogen-bond donors (Lipinski definition) is 3. The zero-order valence-corrected chi connectivity index (χ0v) is 24.2. The van der Waals surface area contributed by atoms with E-state index >= 15 is 0 Å². The Morgan fingerprint density at radius 1 is 1.14 bits per heavy atom. The number of allylic oxidation sites excluding steroid dienone is 3. The lowest BCUT2D eigenvalue weighted by Gasteiger charge is -2.13. The van der Waals surface area contributed by atoms with Crippen LogP contribution >= 0.6 is 11.3 Å². The van der Waals surface area contributed by atoms with Gasteiger partial charge in [-0.2, -0.15) is 0 Å². The van der Waals surface area contributed by atoms with Gasteiger partial charge < -0.3 is 20.9 Å². The number of nitrogens with one attached hydrogen (secondary N) is 3. The molecular weight excluding hydrogens is 478 g/mol. The molecule has 0 atom stereocenters. The molecule has 0 saturated carbocycles. The molecule has 0 spiro atoms. The first-order chi connectivity index (χ1) is 17.9. The minimum atomic E-state index is -0.0940. The maximum atomic E-state index is 12.8. The Labute approximate surface area is 226 Å². The fourth-order valence-corrected chi connectivity index (χ4v) is 4.22. The third-order valence-corrected chi connectivity index (χ3v) is 6.22. The molecule has 0 unspecified atom stereocenters. The van der Waals surface area contributed by atoms with Crippen molar-refractivity contribution < 1.29 is 4.79 Å². The van der Waals surface area contributed by atoms with Gasteiger partial charge >= 0.3 is 0 Å². The molecule has 3 N–H and O–H groups in total. The first-order valence-electron chi connectivity index (χ1n) is 12.5. The number of hydrogen-bond acceptors (Lipinski definition) is 6. The van der Waals surface area contributed by atoms with Crippen molar-refractivity contribution in [3.8, 4) is 0 Å². The smallest absolute Gasteiger partial charge is 0.263 e. The van der Waals surface area contributed by atoms with Crippen molar-refractivity contribution in [2.24, 2.45) is 4.99 Å². The van der Waals surface area contributed by atoms with E-state index in [9.17, 15) is 4.79 Å². The molecule has 3 rings (SSSR count). The average Bonchev–Trinajstić information content (AvgIpc) is 3.30. The van der Waals surface area contributed by atoms with Crippen LogP contribution in [0.1, 0.15) is 61.0 Å². The van der Waals surface area contributed by atoms with Crippen LogP contribution < -0.4 is 16.0 Å². The van der Waals surface area contributed by atoms with E-state index in [1.165, 1.54) is 16.9 Å². The molecule has 0 saturated heterocycles. The number of aryl methyl sites for hydroxylation is 1. The molecule has 7 heteroatoms. The van der Waals surface area contributed by atoms with Gasteiger partial charge in [0, 0.05) is 44.4 Å². The number of anilines is 2. The van der Waals surface area contributed by atoms with Gasteiger partial charge in [0.2, 0.25) is 0 Å². The SMILES string of the molecule is C/C=C\C(C)=C(/NC)c1ccc(Nc2c(C)csc2C(=O)NCc2cccnc2)cc1.CC.CC=NC. The predicted molar refractivity (Wildman–Crippen MR) is 162 cm³/mol. The van der Waals surface area contributed by atoms with Crippen LogP contribution in [-0.2, 0) is 6.54 Å². The molecule has 0 radical (unpaired) electrons. The molecule has 0 aliphatic carbocycles. The van der Waals surface area contributed by atoms with E-state index in [4.69, 9.17) is 0 Å². The van der Waals surface area contributed by atoms with Gasteiger partial charge in [-0.15, -0.1) is 11.3 Å². The zero-order chi connectivity index (χ0) is 27.6. The Morgan fingerprint density at radius 3 is 2.35 bits per heavy atom. The highest BCUT2D eigenvalue weighted by atomic mass is 32.1. The summed E-state index contributed by atoms with van der Waals surface area (Å²) < 4.78 is 0. The second kappa shape index (κ2) is 17.7. The molecule has 0 aliphatic rings. The Morgan fingerprint density at radius 2 is 1.81 bits per heavy atom. The number of aromatic nitrogens is 1. The third kappa shape index (κ3) is 10.1. The summed E-state index contributed by atoms with van der Waals surface area (Å²) in [5.41, 5.74) is 7.16. The number of thiophene rings is 1. The monoisotopic (exact) mass is 519 g/mol. The summed E-state index contributed by atoms with van der Waals surface area (Å²) in [6.07, 6.45) is 9.34. The Bertz CT molecular complexity index is 1160. The van der Waals surface area contributed by atoms with E-state index in [1.807, 2.05) is 77.4 Å². The van der Waals surface area contributed by atoms with Gasteiger partial charge in [0.05, 0.1) is 5.69 Å². The van der Waals surface area contributed by atoms with Gasteiger partial charge in [0.1, 0.15) is 4.88 Å². The number of benzene rings is 1. The molecule has 198 valence electrons. The number of rotatable bonds is 8. The number of aliphatic imine (C=N–C) groups is 1. The Kier molecular flexibility index (Phi) is 15.0. The van der Waals surface area contributed by atoms with Crippen LogP contribution in [0.4, 0.5) is 11.4 Å². The lowest BCUT2D eigenvalue weighted by Crippen LogP contribution is -2.22.